The summed E-state index contributed by atoms with van der Waals surface area (Å²) in [5, 5.41) is 0. The molecule has 0 atom stereocenters. The van der Waals surface area contributed by atoms with E-state index in [-0.39, 0.29) is 0 Å². The molecular weight excluding hydrogens is 96.1 g/mol. The van der Waals surface area contributed by atoms with E-state index in [2.05, 4.69) is 12.3 Å². The highest BCUT2D eigenvalue weighted by Crippen LogP contribution is 2.03. The van der Waals surface area contributed by atoms with E-state index in [1.807, 2.05) is 26.8 Å². The number of allylic oxidation sites excluding steroid dienone is 3. The summed E-state index contributed by atoms with van der Waals surface area (Å²) >= 11 is 0. The smallest absolute Gasteiger partial charge is 0.00717 e. The lowest BCUT2D eigenvalue weighted by Gasteiger charge is -1.91. The van der Waals surface area contributed by atoms with E-state index in [9.17, 15) is 0 Å². The van der Waals surface area contributed by atoms with Gasteiger partial charge in [0.05, 0.1) is 0 Å². The lowest BCUT2D eigenvalue weighted by Crippen LogP contribution is -1.72. The summed E-state index contributed by atoms with van der Waals surface area (Å²) in [5.41, 5.74) is 5.20. The van der Waals surface area contributed by atoms with Crippen LogP contribution in [-0.4, -0.2) is 0 Å². The quantitative estimate of drug-likeness (QED) is 0.358. The SMILES string of the molecule is C=C=C(C)C(C)=CC. The maximum absolute atomic E-state index is 3.53. The van der Waals surface area contributed by atoms with Crippen molar-refractivity contribution < 1.29 is 0 Å². The van der Waals surface area contributed by atoms with E-state index >= 15 is 0 Å². The van der Waals surface area contributed by atoms with Gasteiger partial charge in [0.25, 0.3) is 0 Å². The molecule has 0 fully saturated rings. The van der Waals surface area contributed by atoms with Gasteiger partial charge >= 0.3 is 0 Å². The van der Waals surface area contributed by atoms with E-state index in [1.165, 1.54) is 5.57 Å². The maximum Gasteiger partial charge on any atom is -0.00717 e. The monoisotopic (exact) mass is 108 g/mol. The zero-order chi connectivity index (χ0) is 6.57. The molecule has 0 nitrogen and oxygen atoms in total. The third-order valence-corrected chi connectivity index (χ3v) is 1.29. The molecule has 0 rings (SSSR count). The molecule has 0 heterocycles. The van der Waals surface area contributed by atoms with Gasteiger partial charge in [-0.15, -0.1) is 5.73 Å². The average molecular weight is 108 g/mol. The first-order valence-electron chi connectivity index (χ1n) is 2.72. The van der Waals surface area contributed by atoms with E-state index in [1.54, 1.807) is 0 Å². The molecule has 0 amide bonds. The Morgan fingerprint density at radius 3 is 2.12 bits per heavy atom. The minimum Gasteiger partial charge on any atom is -0.125 e. The van der Waals surface area contributed by atoms with Crippen molar-refractivity contribution in [1.82, 2.24) is 0 Å². The van der Waals surface area contributed by atoms with E-state index < -0.39 is 0 Å². The van der Waals surface area contributed by atoms with Crippen LogP contribution in [0.15, 0.2) is 29.5 Å². The zero-order valence-electron chi connectivity index (χ0n) is 5.78. The van der Waals surface area contributed by atoms with Crippen LogP contribution in [0.2, 0.25) is 0 Å². The topological polar surface area (TPSA) is 0 Å². The van der Waals surface area contributed by atoms with Crippen LogP contribution in [0, 0.1) is 0 Å². The molecule has 8 heavy (non-hydrogen) atoms. The van der Waals surface area contributed by atoms with Gasteiger partial charge < -0.3 is 0 Å². The third kappa shape index (κ3) is 1.81. The van der Waals surface area contributed by atoms with Gasteiger partial charge in [-0.2, -0.15) is 0 Å². The molecule has 44 valence electrons. The van der Waals surface area contributed by atoms with Crippen molar-refractivity contribution in [1.29, 1.82) is 0 Å². The van der Waals surface area contributed by atoms with Gasteiger partial charge in [0.2, 0.25) is 0 Å². The molecule has 0 aromatic heterocycles. The minimum absolute atomic E-state index is 1.13. The van der Waals surface area contributed by atoms with Crippen LogP contribution in [0.25, 0.3) is 0 Å². The van der Waals surface area contributed by atoms with E-state index in [4.69, 9.17) is 0 Å². The van der Waals surface area contributed by atoms with Gasteiger partial charge in [-0.1, -0.05) is 12.7 Å². The van der Waals surface area contributed by atoms with Crippen LogP contribution in [0.5, 0.6) is 0 Å². The van der Waals surface area contributed by atoms with E-state index in [0.29, 0.717) is 0 Å². The summed E-state index contributed by atoms with van der Waals surface area (Å²) in [6, 6.07) is 0. The van der Waals surface area contributed by atoms with Crippen molar-refractivity contribution in [3.63, 3.8) is 0 Å². The Morgan fingerprint density at radius 1 is 1.50 bits per heavy atom. The fourth-order valence-electron chi connectivity index (χ4n) is 0.356. The Balaban J connectivity index is 4.27. The van der Waals surface area contributed by atoms with Gasteiger partial charge in [-0.05, 0) is 31.9 Å². The second-order valence-corrected chi connectivity index (χ2v) is 1.77. The molecule has 0 unspecified atom stereocenters. The molecule has 0 aliphatic carbocycles. The summed E-state index contributed by atoms with van der Waals surface area (Å²) in [5.74, 6) is 0. The van der Waals surface area contributed by atoms with Crippen LogP contribution in [0.4, 0.5) is 0 Å². The first kappa shape index (κ1) is 7.26. The average Bonchev–Trinajstić information content (AvgIpc) is 1.84. The number of rotatable bonds is 1. The van der Waals surface area contributed by atoms with Gasteiger partial charge in [-0.25, -0.2) is 0 Å². The number of hydrogen-bond acceptors (Lipinski definition) is 0. The highest BCUT2D eigenvalue weighted by Gasteiger charge is 1.84. The summed E-state index contributed by atoms with van der Waals surface area (Å²) in [6.07, 6.45) is 2.05. The maximum atomic E-state index is 3.53. The van der Waals surface area contributed by atoms with E-state index in [0.717, 1.165) is 5.57 Å². The predicted octanol–water partition coefficient (Wildman–Crippen LogP) is 2.68. The molecule has 0 aromatic rings. The van der Waals surface area contributed by atoms with Crippen LogP contribution >= 0.6 is 0 Å². The van der Waals surface area contributed by atoms with Gasteiger partial charge in [0, 0.05) is 0 Å². The van der Waals surface area contributed by atoms with Crippen molar-refractivity contribution >= 4 is 0 Å². The Labute approximate surface area is 51.2 Å². The molecule has 0 aliphatic rings. The standard InChI is InChI=1S/C8H12/c1-5-7(3)8(4)6-2/h6H,1H2,2-4H3. The Kier molecular flexibility index (Phi) is 2.98. The lowest BCUT2D eigenvalue weighted by molar-refractivity contribution is 1.34. The second kappa shape index (κ2) is 3.29. The first-order chi connectivity index (χ1) is 3.72. The molecule has 0 radical (unpaired) electrons. The molecule has 0 saturated carbocycles. The van der Waals surface area contributed by atoms with Gasteiger partial charge in [0.15, 0.2) is 0 Å². The lowest BCUT2D eigenvalue weighted by atomic mass is 10.1. The highest BCUT2D eigenvalue weighted by molar-refractivity contribution is 5.24. The summed E-state index contributed by atoms with van der Waals surface area (Å²) in [6.45, 7) is 9.59. The minimum atomic E-state index is 1.13. The van der Waals surface area contributed by atoms with Gasteiger partial charge in [0.1, 0.15) is 0 Å². The summed E-state index contributed by atoms with van der Waals surface area (Å²) in [7, 11) is 0. The molecular formula is C8H12. The van der Waals surface area contributed by atoms with Crippen molar-refractivity contribution in [3.05, 3.63) is 29.5 Å². The fourth-order valence-corrected chi connectivity index (χ4v) is 0.356. The normalized spacial score (nSPS) is 10.6. The molecule has 0 aliphatic heterocycles. The molecule has 0 aromatic carbocycles. The highest BCUT2D eigenvalue weighted by atomic mass is 13.9. The Hall–Kier alpha value is -0.740. The third-order valence-electron chi connectivity index (χ3n) is 1.29. The van der Waals surface area contributed by atoms with Crippen molar-refractivity contribution in [2.45, 2.75) is 20.8 Å². The summed E-state index contributed by atoms with van der Waals surface area (Å²) < 4.78 is 0. The number of hydrogen-bond donors (Lipinski definition) is 0. The van der Waals surface area contributed by atoms with Crippen molar-refractivity contribution in [2.75, 3.05) is 0 Å². The van der Waals surface area contributed by atoms with Crippen LogP contribution < -0.4 is 0 Å². The Bertz CT molecular complexity index is 143. The van der Waals surface area contributed by atoms with Crippen LogP contribution in [0.3, 0.4) is 0 Å². The predicted molar refractivity (Wildman–Crippen MR) is 37.8 cm³/mol. The van der Waals surface area contributed by atoms with Crippen molar-refractivity contribution in [3.8, 4) is 0 Å². The fraction of sp³-hybridized carbons (Fsp3) is 0.375. The molecule has 0 heteroatoms. The molecule has 0 bridgehead atoms. The van der Waals surface area contributed by atoms with Gasteiger partial charge in [-0.3, -0.25) is 0 Å². The molecule has 0 saturated heterocycles. The summed E-state index contributed by atoms with van der Waals surface area (Å²) in [4.78, 5) is 0. The Morgan fingerprint density at radius 2 is 2.00 bits per heavy atom. The van der Waals surface area contributed by atoms with Crippen LogP contribution in [-0.2, 0) is 0 Å². The second-order valence-electron chi connectivity index (χ2n) is 1.77. The largest absolute Gasteiger partial charge is 0.125 e. The molecule has 0 spiro atoms. The molecule has 0 N–H and O–H groups in total. The zero-order valence-corrected chi connectivity index (χ0v) is 5.78. The first-order valence-corrected chi connectivity index (χ1v) is 2.72. The van der Waals surface area contributed by atoms with Crippen molar-refractivity contribution in [2.24, 2.45) is 0 Å². The van der Waals surface area contributed by atoms with Crippen LogP contribution in [0.1, 0.15) is 20.8 Å².